The van der Waals surface area contributed by atoms with Gasteiger partial charge in [0.25, 0.3) is 11.8 Å². The molecule has 0 bridgehead atoms. The van der Waals surface area contributed by atoms with Gasteiger partial charge in [-0.15, -0.1) is 0 Å². The molecule has 6 nitrogen and oxygen atoms in total. The van der Waals surface area contributed by atoms with Crippen molar-refractivity contribution in [1.29, 1.82) is 0 Å². The summed E-state index contributed by atoms with van der Waals surface area (Å²) in [4.78, 5) is 43.2. The number of piperazine rings is 1. The molecule has 2 heterocycles. The second-order valence-corrected chi connectivity index (χ2v) is 7.90. The third-order valence-electron chi connectivity index (χ3n) is 5.83. The Balaban J connectivity index is 1.41. The molecule has 6 heteroatoms. The zero-order chi connectivity index (χ0) is 20.5. The van der Waals surface area contributed by atoms with Gasteiger partial charge >= 0.3 is 0 Å². The van der Waals surface area contributed by atoms with Gasteiger partial charge in [-0.3, -0.25) is 24.2 Å². The maximum Gasteiger partial charge on any atom is 0.262 e. The Morgan fingerprint density at radius 3 is 1.93 bits per heavy atom. The van der Waals surface area contributed by atoms with E-state index in [1.54, 1.807) is 29.2 Å². The van der Waals surface area contributed by atoms with Gasteiger partial charge in [-0.2, -0.15) is 0 Å². The van der Waals surface area contributed by atoms with E-state index in [0.29, 0.717) is 24.2 Å². The Kier molecular flexibility index (Phi) is 5.20. The number of carbonyl (C=O) groups excluding carboxylic acids is 3. The van der Waals surface area contributed by atoms with Gasteiger partial charge in [0, 0.05) is 31.7 Å². The maximum absolute atomic E-state index is 12.9. The number of nitrogens with zero attached hydrogens (tertiary/aromatic N) is 3. The molecular weight excluding hydrogens is 366 g/mol. The van der Waals surface area contributed by atoms with Crippen LogP contribution in [0.5, 0.6) is 0 Å². The summed E-state index contributed by atoms with van der Waals surface area (Å²) in [6.45, 7) is 6.02. The first-order valence-electron chi connectivity index (χ1n) is 9.98. The fourth-order valence-electron chi connectivity index (χ4n) is 4.28. The second-order valence-electron chi connectivity index (χ2n) is 7.90. The summed E-state index contributed by atoms with van der Waals surface area (Å²) in [6, 6.07) is 17.4. The molecule has 2 aromatic carbocycles. The van der Waals surface area contributed by atoms with Crippen LogP contribution in [0.1, 0.15) is 40.1 Å². The minimum absolute atomic E-state index is 0.183. The molecule has 2 aromatic rings. The highest BCUT2D eigenvalue weighted by atomic mass is 16.2. The van der Waals surface area contributed by atoms with Crippen LogP contribution >= 0.6 is 0 Å². The fraction of sp³-hybridized carbons (Fsp3) is 0.348. The molecule has 0 radical (unpaired) electrons. The van der Waals surface area contributed by atoms with Crippen LogP contribution in [-0.4, -0.2) is 64.1 Å². The van der Waals surface area contributed by atoms with Gasteiger partial charge in [0.2, 0.25) is 5.91 Å². The van der Waals surface area contributed by atoms with Crippen molar-refractivity contribution in [2.24, 2.45) is 0 Å². The number of hydrogen-bond acceptors (Lipinski definition) is 4. The zero-order valence-electron chi connectivity index (χ0n) is 16.7. The first-order valence-corrected chi connectivity index (χ1v) is 9.98. The minimum Gasteiger partial charge on any atom is -0.338 e. The normalized spacial score (nSPS) is 22.1. The zero-order valence-corrected chi connectivity index (χ0v) is 16.7. The Labute approximate surface area is 170 Å². The number of hydrogen-bond donors (Lipinski definition) is 0. The molecular formula is C23H25N3O3. The first-order chi connectivity index (χ1) is 14.0. The highest BCUT2D eigenvalue weighted by Crippen LogP contribution is 2.23. The van der Waals surface area contributed by atoms with Crippen molar-refractivity contribution in [1.82, 2.24) is 14.7 Å². The lowest BCUT2D eigenvalue weighted by atomic mass is 10.1. The van der Waals surface area contributed by atoms with E-state index in [9.17, 15) is 14.4 Å². The molecule has 150 valence electrons. The van der Waals surface area contributed by atoms with Gasteiger partial charge in [-0.25, -0.2) is 0 Å². The van der Waals surface area contributed by atoms with Crippen LogP contribution in [-0.2, 0) is 11.3 Å². The van der Waals surface area contributed by atoms with Crippen molar-refractivity contribution < 1.29 is 14.4 Å². The van der Waals surface area contributed by atoms with E-state index in [4.69, 9.17) is 0 Å². The SMILES string of the molecule is CC1CN(C(=O)CN2C(=O)c3ccccc3C2=O)CC(C)N1Cc1ccccc1. The summed E-state index contributed by atoms with van der Waals surface area (Å²) in [5, 5.41) is 0. The van der Waals surface area contributed by atoms with E-state index in [-0.39, 0.29) is 36.3 Å². The summed E-state index contributed by atoms with van der Waals surface area (Å²) in [5.41, 5.74) is 2.00. The van der Waals surface area contributed by atoms with E-state index in [1.165, 1.54) is 5.56 Å². The molecule has 0 saturated carbocycles. The average Bonchev–Trinajstić information content (AvgIpc) is 2.96. The van der Waals surface area contributed by atoms with Gasteiger partial charge in [-0.1, -0.05) is 42.5 Å². The van der Waals surface area contributed by atoms with Gasteiger partial charge in [0.05, 0.1) is 11.1 Å². The lowest BCUT2D eigenvalue weighted by Crippen LogP contribution is -2.59. The monoisotopic (exact) mass is 391 g/mol. The lowest BCUT2D eigenvalue weighted by Gasteiger charge is -2.44. The fourth-order valence-corrected chi connectivity index (χ4v) is 4.28. The van der Waals surface area contributed by atoms with Gasteiger partial charge in [-0.05, 0) is 31.5 Å². The molecule has 4 rings (SSSR count). The molecule has 2 unspecified atom stereocenters. The Morgan fingerprint density at radius 1 is 0.862 bits per heavy atom. The number of rotatable bonds is 4. The lowest BCUT2D eigenvalue weighted by molar-refractivity contribution is -0.136. The van der Waals surface area contributed by atoms with Crippen LogP contribution in [0.2, 0.25) is 0 Å². The molecule has 29 heavy (non-hydrogen) atoms. The van der Waals surface area contributed by atoms with E-state index < -0.39 is 0 Å². The number of benzene rings is 2. The third-order valence-corrected chi connectivity index (χ3v) is 5.83. The Morgan fingerprint density at radius 2 is 1.38 bits per heavy atom. The van der Waals surface area contributed by atoms with Crippen LogP contribution in [0.15, 0.2) is 54.6 Å². The van der Waals surface area contributed by atoms with Gasteiger partial charge < -0.3 is 4.90 Å². The molecule has 2 aliphatic rings. The molecule has 0 aliphatic carbocycles. The van der Waals surface area contributed by atoms with Gasteiger partial charge in [0.15, 0.2) is 0 Å². The smallest absolute Gasteiger partial charge is 0.262 e. The largest absolute Gasteiger partial charge is 0.338 e. The Bertz CT molecular complexity index is 896. The van der Waals surface area contributed by atoms with Crippen molar-refractivity contribution in [2.45, 2.75) is 32.5 Å². The van der Waals surface area contributed by atoms with Crippen molar-refractivity contribution in [3.05, 3.63) is 71.3 Å². The second kappa shape index (κ2) is 7.79. The molecule has 1 fully saturated rings. The first kappa shape index (κ1) is 19.3. The van der Waals surface area contributed by atoms with Crippen molar-refractivity contribution in [3.63, 3.8) is 0 Å². The maximum atomic E-state index is 12.9. The molecule has 3 amide bonds. The van der Waals surface area contributed by atoms with Crippen molar-refractivity contribution >= 4 is 17.7 Å². The van der Waals surface area contributed by atoms with Crippen LogP contribution in [0.4, 0.5) is 0 Å². The minimum atomic E-state index is -0.386. The van der Waals surface area contributed by atoms with Crippen molar-refractivity contribution in [2.75, 3.05) is 19.6 Å². The van der Waals surface area contributed by atoms with Gasteiger partial charge in [0.1, 0.15) is 6.54 Å². The summed E-state index contributed by atoms with van der Waals surface area (Å²) >= 11 is 0. The number of amides is 3. The molecule has 0 spiro atoms. The third kappa shape index (κ3) is 3.68. The van der Waals surface area contributed by atoms with Crippen LogP contribution in [0.25, 0.3) is 0 Å². The number of fused-ring (bicyclic) bond motifs is 1. The highest BCUT2D eigenvalue weighted by Gasteiger charge is 2.38. The molecule has 0 N–H and O–H groups in total. The van der Waals surface area contributed by atoms with Crippen LogP contribution < -0.4 is 0 Å². The molecule has 1 saturated heterocycles. The summed E-state index contributed by atoms with van der Waals surface area (Å²) < 4.78 is 0. The van der Waals surface area contributed by atoms with E-state index in [1.807, 2.05) is 18.2 Å². The highest BCUT2D eigenvalue weighted by molar-refractivity contribution is 6.22. The summed E-state index contributed by atoms with van der Waals surface area (Å²) in [6.07, 6.45) is 0. The van der Waals surface area contributed by atoms with E-state index >= 15 is 0 Å². The molecule has 2 aliphatic heterocycles. The average molecular weight is 391 g/mol. The topological polar surface area (TPSA) is 60.9 Å². The van der Waals surface area contributed by atoms with Crippen LogP contribution in [0, 0.1) is 0 Å². The molecule has 0 aromatic heterocycles. The quantitative estimate of drug-likeness (QED) is 0.751. The number of imide groups is 1. The molecule has 2 atom stereocenters. The standard InChI is InChI=1S/C23H25N3O3/c1-16-12-24(13-17(2)25(16)14-18-8-4-3-5-9-18)21(27)15-26-22(28)19-10-6-7-11-20(19)23(26)29/h3-11,16-17H,12-15H2,1-2H3. The van der Waals surface area contributed by atoms with E-state index in [2.05, 4.69) is 30.9 Å². The predicted octanol–water partition coefficient (Wildman–Crippen LogP) is 2.40. The summed E-state index contributed by atoms with van der Waals surface area (Å²) in [7, 11) is 0. The van der Waals surface area contributed by atoms with Crippen LogP contribution in [0.3, 0.4) is 0 Å². The summed E-state index contributed by atoms with van der Waals surface area (Å²) in [5.74, 6) is -0.955. The number of carbonyl (C=O) groups is 3. The van der Waals surface area contributed by atoms with Crippen molar-refractivity contribution in [3.8, 4) is 0 Å². The van der Waals surface area contributed by atoms with E-state index in [0.717, 1.165) is 11.4 Å². The predicted molar refractivity (Wildman–Crippen MR) is 109 cm³/mol. The Hall–Kier alpha value is -2.99.